The summed E-state index contributed by atoms with van der Waals surface area (Å²) in [6.45, 7) is 0. The molecule has 0 aromatic carbocycles. The lowest BCUT2D eigenvalue weighted by atomic mass is 10.1. The summed E-state index contributed by atoms with van der Waals surface area (Å²) in [5.74, 6) is 0.739. The molecule has 0 bridgehead atoms. The number of halogens is 1. The zero-order valence-corrected chi connectivity index (χ0v) is 7.56. The van der Waals surface area contributed by atoms with Gasteiger partial charge >= 0.3 is 0 Å². The molecular weight excluding hydrogens is 164 g/mol. The van der Waals surface area contributed by atoms with E-state index < -0.39 is 6.29 Å². The topological polar surface area (TPSA) is 40.5 Å². The van der Waals surface area contributed by atoms with E-state index in [-0.39, 0.29) is 0 Å². The smallest absolute Gasteiger partial charge is 0.151 e. The van der Waals surface area contributed by atoms with Gasteiger partial charge in [0.2, 0.25) is 0 Å². The molecule has 2 N–H and O–H groups in total. The van der Waals surface area contributed by atoms with E-state index in [1.165, 1.54) is 0 Å². The Bertz CT molecular complexity index is 76.5. The van der Waals surface area contributed by atoms with E-state index in [9.17, 15) is 0 Å². The van der Waals surface area contributed by atoms with Gasteiger partial charge in [0, 0.05) is 5.88 Å². The molecular formula is C8H17ClO2. The van der Waals surface area contributed by atoms with Crippen molar-refractivity contribution in [3.05, 3.63) is 0 Å². The van der Waals surface area contributed by atoms with Crippen LogP contribution in [-0.4, -0.2) is 22.4 Å². The third-order valence-corrected chi connectivity index (χ3v) is 1.86. The normalized spacial score (nSPS) is 10.9. The van der Waals surface area contributed by atoms with Gasteiger partial charge in [0.1, 0.15) is 0 Å². The van der Waals surface area contributed by atoms with Crippen LogP contribution in [0, 0.1) is 0 Å². The van der Waals surface area contributed by atoms with Crippen molar-refractivity contribution >= 4 is 11.6 Å². The van der Waals surface area contributed by atoms with E-state index in [1.54, 1.807) is 0 Å². The molecule has 11 heavy (non-hydrogen) atoms. The summed E-state index contributed by atoms with van der Waals surface area (Å²) in [6, 6.07) is 0. The fraction of sp³-hybridized carbons (Fsp3) is 1.00. The molecule has 0 amide bonds. The molecule has 0 rings (SSSR count). The minimum absolute atomic E-state index is 0.501. The van der Waals surface area contributed by atoms with E-state index >= 15 is 0 Å². The summed E-state index contributed by atoms with van der Waals surface area (Å²) in [6.07, 6.45) is 4.74. The Morgan fingerprint density at radius 3 is 2.00 bits per heavy atom. The van der Waals surface area contributed by atoms with Crippen molar-refractivity contribution in [1.29, 1.82) is 0 Å². The second-order valence-electron chi connectivity index (χ2n) is 2.73. The van der Waals surface area contributed by atoms with E-state index in [2.05, 4.69) is 0 Å². The molecule has 0 aliphatic carbocycles. The minimum atomic E-state index is -1.12. The van der Waals surface area contributed by atoms with Gasteiger partial charge in [-0.15, -0.1) is 11.6 Å². The molecule has 3 heteroatoms. The van der Waals surface area contributed by atoms with Gasteiger partial charge in [-0.2, -0.15) is 0 Å². The van der Waals surface area contributed by atoms with Crippen LogP contribution in [0.5, 0.6) is 0 Å². The van der Waals surface area contributed by atoms with Crippen LogP contribution in [0.3, 0.4) is 0 Å². The van der Waals surface area contributed by atoms with E-state index in [0.29, 0.717) is 6.42 Å². The van der Waals surface area contributed by atoms with E-state index in [0.717, 1.165) is 38.0 Å². The largest absolute Gasteiger partial charge is 0.368 e. The van der Waals surface area contributed by atoms with E-state index in [1.807, 2.05) is 0 Å². The Hall–Kier alpha value is 0.210. The number of rotatable bonds is 7. The maximum atomic E-state index is 8.49. The van der Waals surface area contributed by atoms with Gasteiger partial charge in [0.15, 0.2) is 6.29 Å². The molecule has 0 aromatic heterocycles. The van der Waals surface area contributed by atoms with Crippen molar-refractivity contribution in [3.63, 3.8) is 0 Å². The minimum Gasteiger partial charge on any atom is -0.368 e. The Labute approximate surface area is 73.2 Å². The van der Waals surface area contributed by atoms with Gasteiger partial charge in [-0.05, 0) is 19.3 Å². The Kier molecular flexibility index (Phi) is 8.47. The standard InChI is InChI=1S/C8H17ClO2/c9-7-5-3-1-2-4-6-8(10)11/h8,10-11H,1-7H2. The fourth-order valence-corrected chi connectivity index (χ4v) is 1.14. The molecule has 0 aliphatic heterocycles. The molecule has 0 fully saturated rings. The molecule has 0 unspecified atom stereocenters. The molecule has 0 spiro atoms. The maximum Gasteiger partial charge on any atom is 0.151 e. The molecule has 0 saturated heterocycles. The molecule has 0 radical (unpaired) electrons. The predicted molar refractivity (Wildman–Crippen MR) is 46.6 cm³/mol. The first kappa shape index (κ1) is 11.2. The Morgan fingerprint density at radius 2 is 1.45 bits per heavy atom. The maximum absolute atomic E-state index is 8.49. The highest BCUT2D eigenvalue weighted by Crippen LogP contribution is 2.06. The SMILES string of the molecule is OC(O)CCCCCCCCl. The number of alkyl halides is 1. The van der Waals surface area contributed by atoms with Crippen molar-refractivity contribution in [3.8, 4) is 0 Å². The number of hydrogen-bond donors (Lipinski definition) is 2. The van der Waals surface area contributed by atoms with Crippen LogP contribution in [0.15, 0.2) is 0 Å². The highest BCUT2D eigenvalue weighted by Gasteiger charge is 1.95. The third-order valence-electron chi connectivity index (χ3n) is 1.60. The summed E-state index contributed by atoms with van der Waals surface area (Å²) in [5.41, 5.74) is 0. The Morgan fingerprint density at radius 1 is 0.909 bits per heavy atom. The predicted octanol–water partition coefficient (Wildman–Crippen LogP) is 1.88. The monoisotopic (exact) mass is 180 g/mol. The second kappa shape index (κ2) is 8.31. The number of hydrogen-bond acceptors (Lipinski definition) is 2. The quantitative estimate of drug-likeness (QED) is 0.357. The molecule has 0 aliphatic rings. The van der Waals surface area contributed by atoms with Crippen LogP contribution < -0.4 is 0 Å². The zero-order chi connectivity index (χ0) is 8.53. The van der Waals surface area contributed by atoms with E-state index in [4.69, 9.17) is 21.8 Å². The van der Waals surface area contributed by atoms with Crippen LogP contribution in [0.2, 0.25) is 0 Å². The van der Waals surface area contributed by atoms with Crippen LogP contribution in [0.25, 0.3) is 0 Å². The molecule has 0 atom stereocenters. The molecule has 2 nitrogen and oxygen atoms in total. The summed E-state index contributed by atoms with van der Waals surface area (Å²) >= 11 is 5.48. The third kappa shape index (κ3) is 10.2. The Balaban J connectivity index is 2.80. The molecule has 0 heterocycles. The van der Waals surface area contributed by atoms with Crippen molar-refractivity contribution < 1.29 is 10.2 Å². The van der Waals surface area contributed by atoms with Crippen LogP contribution >= 0.6 is 11.6 Å². The molecule has 68 valence electrons. The highest BCUT2D eigenvalue weighted by atomic mass is 35.5. The van der Waals surface area contributed by atoms with Crippen molar-refractivity contribution in [1.82, 2.24) is 0 Å². The first-order valence-corrected chi connectivity index (χ1v) is 4.73. The summed E-state index contributed by atoms with van der Waals surface area (Å²) < 4.78 is 0. The summed E-state index contributed by atoms with van der Waals surface area (Å²) in [7, 11) is 0. The average molecular weight is 181 g/mol. The molecule has 0 saturated carbocycles. The number of unbranched alkanes of at least 4 members (excludes halogenated alkanes) is 4. The lowest BCUT2D eigenvalue weighted by Crippen LogP contribution is -2.02. The van der Waals surface area contributed by atoms with Gasteiger partial charge < -0.3 is 10.2 Å². The summed E-state index contributed by atoms with van der Waals surface area (Å²) in [5, 5.41) is 17.0. The van der Waals surface area contributed by atoms with Crippen LogP contribution in [0.4, 0.5) is 0 Å². The fourth-order valence-electron chi connectivity index (χ4n) is 0.952. The van der Waals surface area contributed by atoms with Gasteiger partial charge in [-0.1, -0.05) is 19.3 Å². The first-order chi connectivity index (χ1) is 5.27. The number of aliphatic hydroxyl groups is 2. The average Bonchev–Trinajstić information content (AvgIpc) is 1.96. The van der Waals surface area contributed by atoms with Crippen LogP contribution in [-0.2, 0) is 0 Å². The number of aliphatic hydroxyl groups excluding tert-OH is 1. The highest BCUT2D eigenvalue weighted by molar-refractivity contribution is 6.17. The van der Waals surface area contributed by atoms with Crippen molar-refractivity contribution in [2.24, 2.45) is 0 Å². The summed E-state index contributed by atoms with van der Waals surface area (Å²) in [4.78, 5) is 0. The molecule has 0 aromatic rings. The second-order valence-corrected chi connectivity index (χ2v) is 3.10. The van der Waals surface area contributed by atoms with Gasteiger partial charge in [0.25, 0.3) is 0 Å². The zero-order valence-electron chi connectivity index (χ0n) is 6.80. The van der Waals surface area contributed by atoms with Crippen molar-refractivity contribution in [2.45, 2.75) is 44.8 Å². The van der Waals surface area contributed by atoms with Gasteiger partial charge in [0.05, 0.1) is 0 Å². The van der Waals surface area contributed by atoms with Gasteiger partial charge in [-0.3, -0.25) is 0 Å². The lowest BCUT2D eigenvalue weighted by molar-refractivity contribution is -0.0465. The van der Waals surface area contributed by atoms with Gasteiger partial charge in [-0.25, -0.2) is 0 Å². The first-order valence-electron chi connectivity index (χ1n) is 4.19. The van der Waals surface area contributed by atoms with Crippen LogP contribution in [0.1, 0.15) is 38.5 Å². The lowest BCUT2D eigenvalue weighted by Gasteiger charge is -2.01. The van der Waals surface area contributed by atoms with Crippen molar-refractivity contribution in [2.75, 3.05) is 5.88 Å².